The van der Waals surface area contributed by atoms with Crippen molar-refractivity contribution in [2.45, 2.75) is 52.1 Å². The average molecular weight is 515 g/mol. The molecule has 0 saturated carbocycles. The topological polar surface area (TPSA) is 74.2 Å². The second-order valence-corrected chi connectivity index (χ2v) is 11.3. The van der Waals surface area contributed by atoms with Gasteiger partial charge in [0, 0.05) is 23.0 Å². The van der Waals surface area contributed by atoms with Crippen LogP contribution in [0, 0.1) is 19.3 Å². The molecule has 6 nitrogen and oxygen atoms in total. The highest BCUT2D eigenvalue weighted by Crippen LogP contribution is 2.44. The highest BCUT2D eigenvalue weighted by Gasteiger charge is 2.34. The molecule has 6 rings (SSSR count). The first-order valence-electron chi connectivity index (χ1n) is 13.4. The summed E-state index contributed by atoms with van der Waals surface area (Å²) in [4.78, 5) is 11.2. The summed E-state index contributed by atoms with van der Waals surface area (Å²) in [6.07, 6.45) is 1.90. The summed E-state index contributed by atoms with van der Waals surface area (Å²) in [5.41, 5.74) is 8.58. The molecule has 1 unspecified atom stereocenters. The highest BCUT2D eigenvalue weighted by atomic mass is 16.5. The molecule has 1 N–H and O–H groups in total. The molecule has 3 aromatic rings. The first-order chi connectivity index (χ1) is 18.3. The third kappa shape index (κ3) is 4.62. The van der Waals surface area contributed by atoms with E-state index in [1.165, 1.54) is 33.4 Å². The standard InChI is InChI=1S/C32H34O6/c1-19-11-23(37-18-32(3)16-35-17-32)12-20(2)31(19)27-6-4-5-26-25(27)9-10-28(26)38-22-7-8-24-21(13-30(33)34)15-36-29(24)14-22/h4-8,11-12,14,21,28H,9-10,13,15-18H2,1-3H3,(H,33,34)/t21?,28-/m1/s1. The van der Waals surface area contributed by atoms with Crippen LogP contribution in [0.3, 0.4) is 0 Å². The lowest BCUT2D eigenvalue weighted by Gasteiger charge is -2.37. The third-order valence-corrected chi connectivity index (χ3v) is 8.04. The van der Waals surface area contributed by atoms with Crippen molar-refractivity contribution in [3.05, 3.63) is 76.3 Å². The van der Waals surface area contributed by atoms with Gasteiger partial charge in [-0.3, -0.25) is 4.79 Å². The van der Waals surface area contributed by atoms with Gasteiger partial charge in [0.25, 0.3) is 0 Å². The van der Waals surface area contributed by atoms with E-state index in [-0.39, 0.29) is 23.9 Å². The first-order valence-corrected chi connectivity index (χ1v) is 13.4. The fraction of sp³-hybridized carbons (Fsp3) is 0.406. The lowest BCUT2D eigenvalue weighted by atomic mass is 9.89. The van der Waals surface area contributed by atoms with Gasteiger partial charge in [0.2, 0.25) is 0 Å². The number of ether oxygens (including phenoxy) is 4. The van der Waals surface area contributed by atoms with Gasteiger partial charge in [-0.05, 0) is 78.3 Å². The normalized spacial score (nSPS) is 20.7. The van der Waals surface area contributed by atoms with Crippen molar-refractivity contribution < 1.29 is 28.8 Å². The van der Waals surface area contributed by atoms with Gasteiger partial charge >= 0.3 is 5.97 Å². The number of rotatable bonds is 8. The molecule has 0 aromatic heterocycles. The number of aryl methyl sites for hydroxylation is 2. The number of carboxylic acids is 1. The van der Waals surface area contributed by atoms with Crippen molar-refractivity contribution in [1.29, 1.82) is 0 Å². The zero-order valence-corrected chi connectivity index (χ0v) is 22.2. The molecular weight excluding hydrogens is 480 g/mol. The molecule has 6 heteroatoms. The van der Waals surface area contributed by atoms with Crippen LogP contribution in [0.4, 0.5) is 0 Å². The minimum atomic E-state index is -0.809. The van der Waals surface area contributed by atoms with Gasteiger partial charge in [-0.1, -0.05) is 31.2 Å². The number of hydrogen-bond acceptors (Lipinski definition) is 5. The molecule has 198 valence electrons. The van der Waals surface area contributed by atoms with Crippen molar-refractivity contribution in [1.82, 2.24) is 0 Å². The van der Waals surface area contributed by atoms with Crippen molar-refractivity contribution >= 4 is 5.97 Å². The van der Waals surface area contributed by atoms with E-state index < -0.39 is 5.97 Å². The number of carboxylic acid groups (broad SMARTS) is 1. The van der Waals surface area contributed by atoms with Gasteiger partial charge in [0.1, 0.15) is 23.4 Å². The molecule has 0 spiro atoms. The molecule has 0 radical (unpaired) electrons. The maximum atomic E-state index is 11.2. The van der Waals surface area contributed by atoms with Crippen molar-refractivity contribution in [2.75, 3.05) is 26.4 Å². The van der Waals surface area contributed by atoms with Crippen LogP contribution in [0.5, 0.6) is 17.2 Å². The van der Waals surface area contributed by atoms with E-state index in [2.05, 4.69) is 51.1 Å². The second kappa shape index (κ2) is 9.66. The Hall–Kier alpha value is -3.51. The SMILES string of the molecule is Cc1cc(OCC2(C)COC2)cc(C)c1-c1cccc2c1CC[C@H]2Oc1ccc2c(c1)OCC2CC(=O)O. The highest BCUT2D eigenvalue weighted by molar-refractivity contribution is 5.76. The van der Waals surface area contributed by atoms with E-state index in [9.17, 15) is 4.79 Å². The van der Waals surface area contributed by atoms with Gasteiger partial charge in [-0.2, -0.15) is 0 Å². The Morgan fingerprint density at radius 2 is 1.84 bits per heavy atom. The zero-order valence-electron chi connectivity index (χ0n) is 22.2. The predicted octanol–water partition coefficient (Wildman–Crippen LogP) is 6.40. The molecule has 2 atom stereocenters. The van der Waals surface area contributed by atoms with Gasteiger partial charge in [-0.25, -0.2) is 0 Å². The summed E-state index contributed by atoms with van der Waals surface area (Å²) in [6.45, 7) is 9.10. The molecule has 3 aromatic carbocycles. The molecular formula is C32H34O6. The van der Waals surface area contributed by atoms with Crippen LogP contribution in [0.1, 0.15) is 59.6 Å². The van der Waals surface area contributed by atoms with Gasteiger partial charge in [0.05, 0.1) is 32.8 Å². The average Bonchev–Trinajstić information content (AvgIpc) is 3.45. The Balaban J connectivity index is 1.22. The van der Waals surface area contributed by atoms with Crippen molar-refractivity contribution in [2.24, 2.45) is 5.41 Å². The van der Waals surface area contributed by atoms with Crippen LogP contribution >= 0.6 is 0 Å². The van der Waals surface area contributed by atoms with Crippen LogP contribution in [0.15, 0.2) is 48.5 Å². The molecule has 3 aliphatic rings. The number of hydrogen-bond donors (Lipinski definition) is 1. The number of fused-ring (bicyclic) bond motifs is 2. The third-order valence-electron chi connectivity index (χ3n) is 8.04. The molecule has 2 aliphatic heterocycles. The first kappa shape index (κ1) is 24.8. The van der Waals surface area contributed by atoms with Gasteiger partial charge in [0.15, 0.2) is 0 Å². The molecule has 38 heavy (non-hydrogen) atoms. The summed E-state index contributed by atoms with van der Waals surface area (Å²) in [7, 11) is 0. The van der Waals surface area contributed by atoms with E-state index in [1.54, 1.807) is 0 Å². The van der Waals surface area contributed by atoms with E-state index in [4.69, 9.17) is 24.1 Å². The lowest BCUT2D eigenvalue weighted by molar-refractivity contribution is -0.137. The molecule has 1 saturated heterocycles. The summed E-state index contributed by atoms with van der Waals surface area (Å²) in [5, 5.41) is 9.16. The van der Waals surface area contributed by atoms with Crippen molar-refractivity contribution in [3.8, 4) is 28.4 Å². The Kier molecular flexibility index (Phi) is 6.31. The maximum absolute atomic E-state index is 11.2. The molecule has 0 amide bonds. The van der Waals surface area contributed by atoms with Gasteiger partial charge in [-0.15, -0.1) is 0 Å². The Labute approximate surface area is 223 Å². The van der Waals surface area contributed by atoms with E-state index in [1.807, 2.05) is 18.2 Å². The minimum Gasteiger partial charge on any atom is -0.493 e. The summed E-state index contributed by atoms with van der Waals surface area (Å²) in [6, 6.07) is 16.6. The van der Waals surface area contributed by atoms with Crippen LogP contribution < -0.4 is 14.2 Å². The maximum Gasteiger partial charge on any atom is 0.304 e. The lowest BCUT2D eigenvalue weighted by Crippen LogP contribution is -2.44. The number of aliphatic carboxylic acids is 1. The summed E-state index contributed by atoms with van der Waals surface area (Å²) < 4.78 is 23.8. The molecule has 0 bridgehead atoms. The van der Waals surface area contributed by atoms with E-state index in [0.29, 0.717) is 13.2 Å². The van der Waals surface area contributed by atoms with Crippen molar-refractivity contribution in [3.63, 3.8) is 0 Å². The Bertz CT molecular complexity index is 1370. The second-order valence-electron chi connectivity index (χ2n) is 11.3. The largest absolute Gasteiger partial charge is 0.493 e. The van der Waals surface area contributed by atoms with E-state index in [0.717, 1.165) is 48.9 Å². The number of carbonyl (C=O) groups is 1. The van der Waals surface area contributed by atoms with Gasteiger partial charge < -0.3 is 24.1 Å². The van der Waals surface area contributed by atoms with Crippen LogP contribution in [-0.2, 0) is 16.0 Å². The Morgan fingerprint density at radius 3 is 2.55 bits per heavy atom. The summed E-state index contributed by atoms with van der Waals surface area (Å²) >= 11 is 0. The monoisotopic (exact) mass is 514 g/mol. The summed E-state index contributed by atoms with van der Waals surface area (Å²) in [5.74, 6) is 1.48. The Morgan fingerprint density at radius 1 is 1.05 bits per heavy atom. The van der Waals surface area contributed by atoms with Crippen LogP contribution in [0.2, 0.25) is 0 Å². The fourth-order valence-electron chi connectivity index (χ4n) is 6.07. The zero-order chi connectivity index (χ0) is 26.4. The molecule has 2 heterocycles. The smallest absolute Gasteiger partial charge is 0.304 e. The fourth-order valence-corrected chi connectivity index (χ4v) is 6.07. The number of benzene rings is 3. The van der Waals surface area contributed by atoms with E-state index >= 15 is 0 Å². The van der Waals surface area contributed by atoms with Crippen LogP contribution in [-0.4, -0.2) is 37.5 Å². The predicted molar refractivity (Wildman–Crippen MR) is 144 cm³/mol. The minimum absolute atomic E-state index is 0.0344. The molecule has 1 fully saturated rings. The van der Waals surface area contributed by atoms with Crippen LogP contribution in [0.25, 0.3) is 11.1 Å². The molecule has 1 aliphatic carbocycles. The quantitative estimate of drug-likeness (QED) is 0.375.